The van der Waals surface area contributed by atoms with Gasteiger partial charge in [0.2, 0.25) is 5.91 Å². The van der Waals surface area contributed by atoms with E-state index < -0.39 is 5.97 Å². The minimum atomic E-state index is -0.523. The second-order valence-corrected chi connectivity index (χ2v) is 12.9. The number of para-hydroxylation sites is 1. The van der Waals surface area contributed by atoms with Crippen molar-refractivity contribution >= 4 is 61.5 Å². The number of thioether (sulfide) groups is 1. The number of ether oxygens (including phenoxy) is 2. The van der Waals surface area contributed by atoms with Gasteiger partial charge >= 0.3 is 5.97 Å². The van der Waals surface area contributed by atoms with Gasteiger partial charge in [-0.1, -0.05) is 71.9 Å². The first kappa shape index (κ1) is 31.3. The van der Waals surface area contributed by atoms with Crippen molar-refractivity contribution in [1.82, 2.24) is 9.55 Å². The standard InChI is InChI=1S/C35H29N3O5S3/c1-4-43-34(41)30-27(23-14-16-25(42-3)17-15-23)19-45-32(30)36-28(39)20-46-35-37-31-29(33(40)38(35)24-8-6-5-7-9-24)26(18-44-31)22-12-10-21(2)11-13-22/h5-19H,4,20H2,1-3H3,(H,36,39). The normalized spacial score (nSPS) is 11.0. The predicted octanol–water partition coefficient (Wildman–Crippen LogP) is 8.07. The van der Waals surface area contributed by atoms with Gasteiger partial charge in [-0.05, 0) is 49.2 Å². The van der Waals surface area contributed by atoms with Crippen molar-refractivity contribution in [2.24, 2.45) is 0 Å². The molecule has 8 nitrogen and oxygen atoms in total. The minimum absolute atomic E-state index is 0.0426. The number of amides is 1. The zero-order valence-corrected chi connectivity index (χ0v) is 27.7. The largest absolute Gasteiger partial charge is 0.497 e. The van der Waals surface area contributed by atoms with Crippen molar-refractivity contribution in [3.63, 3.8) is 0 Å². The molecule has 0 aliphatic carbocycles. The van der Waals surface area contributed by atoms with Crippen LogP contribution in [0.25, 0.3) is 38.2 Å². The number of fused-ring (bicyclic) bond motifs is 1. The van der Waals surface area contributed by atoms with Crippen molar-refractivity contribution in [2.45, 2.75) is 19.0 Å². The van der Waals surface area contributed by atoms with Crippen LogP contribution in [-0.4, -0.2) is 40.9 Å². The van der Waals surface area contributed by atoms with Crippen molar-refractivity contribution < 1.29 is 19.1 Å². The summed E-state index contributed by atoms with van der Waals surface area (Å²) in [6, 6.07) is 24.7. The molecule has 3 heterocycles. The highest BCUT2D eigenvalue weighted by atomic mass is 32.2. The van der Waals surface area contributed by atoms with E-state index in [4.69, 9.17) is 14.5 Å². The molecule has 11 heteroatoms. The zero-order valence-electron chi connectivity index (χ0n) is 25.2. The highest BCUT2D eigenvalue weighted by Gasteiger charge is 2.24. The Balaban J connectivity index is 1.31. The van der Waals surface area contributed by atoms with E-state index in [2.05, 4.69) is 5.32 Å². The van der Waals surface area contributed by atoms with E-state index in [1.165, 1.54) is 22.7 Å². The molecular weight excluding hydrogens is 639 g/mol. The number of carbonyl (C=O) groups excluding carboxylic acids is 2. The molecule has 6 rings (SSSR count). The number of carbonyl (C=O) groups is 2. The SMILES string of the molecule is CCOC(=O)c1c(-c2ccc(OC)cc2)csc1NC(=O)CSc1nc2scc(-c3ccc(C)cc3)c2c(=O)n1-c1ccccc1. The first-order chi connectivity index (χ1) is 22.4. The summed E-state index contributed by atoms with van der Waals surface area (Å²) in [5.74, 6) is -0.223. The summed E-state index contributed by atoms with van der Waals surface area (Å²) in [7, 11) is 1.59. The number of aromatic nitrogens is 2. The molecule has 0 saturated heterocycles. The Kier molecular flexibility index (Phi) is 9.34. The molecule has 0 fully saturated rings. The molecule has 0 aliphatic rings. The van der Waals surface area contributed by atoms with Crippen LogP contribution in [0, 0.1) is 6.92 Å². The molecule has 1 amide bonds. The number of thiophene rings is 2. The summed E-state index contributed by atoms with van der Waals surface area (Å²) < 4.78 is 12.2. The molecule has 0 radical (unpaired) electrons. The number of hydrogen-bond acceptors (Lipinski definition) is 9. The molecule has 232 valence electrons. The summed E-state index contributed by atoms with van der Waals surface area (Å²) in [4.78, 5) is 46.0. The number of aryl methyl sites for hydroxylation is 1. The first-order valence-electron chi connectivity index (χ1n) is 14.4. The van der Waals surface area contributed by atoms with Gasteiger partial charge in [-0.25, -0.2) is 9.78 Å². The number of nitrogens with one attached hydrogen (secondary N) is 1. The van der Waals surface area contributed by atoms with Crippen LogP contribution in [0.15, 0.2) is 99.6 Å². The molecule has 1 N–H and O–H groups in total. The van der Waals surface area contributed by atoms with Crippen LogP contribution in [-0.2, 0) is 9.53 Å². The van der Waals surface area contributed by atoms with E-state index in [1.807, 2.05) is 96.5 Å². The third-order valence-electron chi connectivity index (χ3n) is 7.21. The van der Waals surface area contributed by atoms with Gasteiger partial charge in [0, 0.05) is 21.9 Å². The maximum Gasteiger partial charge on any atom is 0.341 e. The van der Waals surface area contributed by atoms with E-state index in [9.17, 15) is 14.4 Å². The Morgan fingerprint density at radius 2 is 1.59 bits per heavy atom. The third kappa shape index (κ3) is 6.34. The Morgan fingerprint density at radius 3 is 2.28 bits per heavy atom. The van der Waals surface area contributed by atoms with Crippen molar-refractivity contribution in [3.05, 3.63) is 111 Å². The van der Waals surface area contributed by atoms with Gasteiger partial charge in [-0.3, -0.25) is 14.2 Å². The van der Waals surface area contributed by atoms with Gasteiger partial charge < -0.3 is 14.8 Å². The van der Waals surface area contributed by atoms with E-state index in [0.29, 0.717) is 42.9 Å². The molecule has 0 bridgehead atoms. The van der Waals surface area contributed by atoms with Crippen molar-refractivity contribution in [3.8, 4) is 33.7 Å². The van der Waals surface area contributed by atoms with E-state index in [-0.39, 0.29) is 23.8 Å². The van der Waals surface area contributed by atoms with E-state index in [1.54, 1.807) is 18.6 Å². The fourth-order valence-electron chi connectivity index (χ4n) is 4.95. The summed E-state index contributed by atoms with van der Waals surface area (Å²) >= 11 is 3.81. The number of methoxy groups -OCH3 is 1. The molecule has 0 spiro atoms. The number of nitrogens with zero attached hydrogens (tertiary/aromatic N) is 2. The molecule has 6 aromatic rings. The summed E-state index contributed by atoms with van der Waals surface area (Å²) in [6.45, 7) is 3.95. The second kappa shape index (κ2) is 13.7. The van der Waals surface area contributed by atoms with Crippen LogP contribution >= 0.6 is 34.4 Å². The molecular formula is C35H29N3O5S3. The lowest BCUT2D eigenvalue weighted by atomic mass is 10.0. The second-order valence-electron chi connectivity index (χ2n) is 10.2. The minimum Gasteiger partial charge on any atom is -0.497 e. The number of esters is 1. The lowest BCUT2D eigenvalue weighted by Gasteiger charge is -2.13. The first-order valence-corrected chi connectivity index (χ1v) is 17.1. The quantitative estimate of drug-likeness (QED) is 0.0896. The fraction of sp³-hybridized carbons (Fsp3) is 0.143. The van der Waals surface area contributed by atoms with Crippen LogP contribution in [0.5, 0.6) is 5.75 Å². The maximum absolute atomic E-state index is 14.1. The van der Waals surface area contributed by atoms with Crippen molar-refractivity contribution in [1.29, 1.82) is 0 Å². The average Bonchev–Trinajstić information content (AvgIpc) is 3.69. The Hall–Kier alpha value is -4.71. The Morgan fingerprint density at radius 1 is 0.913 bits per heavy atom. The maximum atomic E-state index is 14.1. The Bertz CT molecular complexity index is 2080. The Labute approximate surface area is 277 Å². The van der Waals surface area contributed by atoms with Crippen LogP contribution < -0.4 is 15.6 Å². The van der Waals surface area contributed by atoms with E-state index in [0.717, 1.165) is 34.0 Å². The highest BCUT2D eigenvalue weighted by molar-refractivity contribution is 7.99. The topological polar surface area (TPSA) is 99.5 Å². The molecule has 0 saturated carbocycles. The summed E-state index contributed by atoms with van der Waals surface area (Å²) in [6.07, 6.45) is 0. The predicted molar refractivity (Wildman–Crippen MR) is 187 cm³/mol. The van der Waals surface area contributed by atoms with Gasteiger partial charge in [-0.15, -0.1) is 22.7 Å². The zero-order chi connectivity index (χ0) is 32.2. The highest BCUT2D eigenvalue weighted by Crippen LogP contribution is 2.37. The van der Waals surface area contributed by atoms with Gasteiger partial charge in [0.25, 0.3) is 5.56 Å². The molecule has 3 aromatic heterocycles. The summed E-state index contributed by atoms with van der Waals surface area (Å²) in [5.41, 5.74) is 5.08. The molecule has 46 heavy (non-hydrogen) atoms. The lowest BCUT2D eigenvalue weighted by molar-refractivity contribution is -0.113. The van der Waals surface area contributed by atoms with Crippen molar-refractivity contribution in [2.75, 3.05) is 24.8 Å². The van der Waals surface area contributed by atoms with Crippen LogP contribution in [0.3, 0.4) is 0 Å². The smallest absolute Gasteiger partial charge is 0.341 e. The van der Waals surface area contributed by atoms with Crippen LogP contribution in [0.4, 0.5) is 5.00 Å². The monoisotopic (exact) mass is 667 g/mol. The number of rotatable bonds is 10. The number of anilines is 1. The number of benzene rings is 3. The van der Waals surface area contributed by atoms with Gasteiger partial charge in [0.05, 0.1) is 30.5 Å². The lowest BCUT2D eigenvalue weighted by Crippen LogP contribution is -2.23. The van der Waals surface area contributed by atoms with Gasteiger partial charge in [-0.2, -0.15) is 0 Å². The van der Waals surface area contributed by atoms with Gasteiger partial charge in [0.15, 0.2) is 5.16 Å². The molecule has 0 unspecified atom stereocenters. The summed E-state index contributed by atoms with van der Waals surface area (Å²) in [5, 5.41) is 7.99. The van der Waals surface area contributed by atoms with E-state index >= 15 is 0 Å². The fourth-order valence-corrected chi connectivity index (χ4v) is 7.73. The third-order valence-corrected chi connectivity index (χ3v) is 9.92. The number of hydrogen-bond donors (Lipinski definition) is 1. The molecule has 0 aliphatic heterocycles. The van der Waals surface area contributed by atoms with Crippen LogP contribution in [0.1, 0.15) is 22.8 Å². The molecule has 0 atom stereocenters. The van der Waals surface area contributed by atoms with Gasteiger partial charge in [0.1, 0.15) is 21.1 Å². The van der Waals surface area contributed by atoms with Crippen LogP contribution in [0.2, 0.25) is 0 Å². The average molecular weight is 668 g/mol. The molecule has 3 aromatic carbocycles.